The van der Waals surface area contributed by atoms with Gasteiger partial charge in [0.25, 0.3) is 0 Å². The van der Waals surface area contributed by atoms with E-state index in [4.69, 9.17) is 0 Å². The largest absolute Gasteiger partial charge is 0.376 e. The summed E-state index contributed by atoms with van der Waals surface area (Å²) in [5, 5.41) is 0. The molecule has 3 aromatic heterocycles. The van der Waals surface area contributed by atoms with Crippen molar-refractivity contribution < 1.29 is 4.40 Å². The lowest BCUT2D eigenvalue weighted by molar-refractivity contribution is -0.508. The minimum absolute atomic E-state index is 0.934. The smallest absolute Gasteiger partial charge is 0.231 e. The summed E-state index contributed by atoms with van der Waals surface area (Å²) in [6.45, 7) is 0.934. The minimum Gasteiger partial charge on any atom is -0.231 e. The molecule has 0 radical (unpaired) electrons. The maximum Gasteiger partial charge on any atom is 0.376 e. The van der Waals surface area contributed by atoms with Crippen LogP contribution in [0.5, 0.6) is 0 Å². The molecule has 1 aliphatic heterocycles. The Hall–Kier alpha value is -2.62. The second-order valence-electron chi connectivity index (χ2n) is 4.97. The average Bonchev–Trinajstić information content (AvgIpc) is 3.05. The molecule has 0 saturated carbocycles. The molecule has 0 spiro atoms. The number of fused-ring (bicyclic) bond motifs is 7. The van der Waals surface area contributed by atoms with Crippen LogP contribution in [0.3, 0.4) is 0 Å². The van der Waals surface area contributed by atoms with E-state index in [1.807, 2.05) is 18.6 Å². The first-order valence-corrected chi connectivity index (χ1v) is 6.36. The molecule has 0 amide bonds. The van der Waals surface area contributed by atoms with E-state index in [2.05, 4.69) is 55.0 Å². The van der Waals surface area contributed by atoms with E-state index in [0.717, 1.165) is 17.8 Å². The number of rotatable bonds is 0. The van der Waals surface area contributed by atoms with Gasteiger partial charge in [0.15, 0.2) is 6.33 Å². The van der Waals surface area contributed by atoms with E-state index in [9.17, 15) is 0 Å². The highest BCUT2D eigenvalue weighted by molar-refractivity contribution is 5.69. The van der Waals surface area contributed by atoms with Crippen LogP contribution in [0, 0.1) is 0 Å². The molecule has 0 atom stereocenters. The van der Waals surface area contributed by atoms with E-state index in [1.165, 1.54) is 16.8 Å². The highest BCUT2D eigenvalue weighted by Gasteiger charge is 2.28. The van der Waals surface area contributed by atoms with Crippen molar-refractivity contribution in [3.8, 4) is 11.3 Å². The molecule has 0 saturated heterocycles. The molecular formula is C15H11N4+. The topological polar surface area (TPSA) is 26.3 Å². The van der Waals surface area contributed by atoms with Gasteiger partial charge in [0.1, 0.15) is 23.6 Å². The molecule has 0 bridgehead atoms. The van der Waals surface area contributed by atoms with Crippen LogP contribution in [0.2, 0.25) is 0 Å². The molecule has 4 nitrogen and oxygen atoms in total. The number of nitrogens with zero attached hydrogens (tertiary/aromatic N) is 4. The van der Waals surface area contributed by atoms with E-state index in [-0.39, 0.29) is 0 Å². The Morgan fingerprint density at radius 3 is 3.05 bits per heavy atom. The lowest BCUT2D eigenvalue weighted by Gasteiger charge is -1.93. The summed E-state index contributed by atoms with van der Waals surface area (Å²) in [5.74, 6) is 1.16. The monoisotopic (exact) mass is 247 g/mol. The third-order valence-electron chi connectivity index (χ3n) is 3.92. The van der Waals surface area contributed by atoms with Crippen molar-refractivity contribution in [3.63, 3.8) is 0 Å². The third kappa shape index (κ3) is 1.04. The Labute approximate surface area is 109 Å². The molecule has 0 N–H and O–H groups in total. The molecule has 4 aromatic rings. The van der Waals surface area contributed by atoms with Gasteiger partial charge < -0.3 is 0 Å². The summed E-state index contributed by atoms with van der Waals surface area (Å²) in [6.07, 6.45) is 8.05. The highest BCUT2D eigenvalue weighted by Crippen LogP contribution is 2.32. The van der Waals surface area contributed by atoms with Gasteiger partial charge in [-0.2, -0.15) is 4.40 Å². The average molecular weight is 247 g/mol. The number of benzene rings is 1. The summed E-state index contributed by atoms with van der Waals surface area (Å²) < 4.78 is 6.66. The van der Waals surface area contributed by atoms with E-state index < -0.39 is 0 Å². The Bertz CT molecular complexity index is 945. The Kier molecular flexibility index (Phi) is 1.49. The maximum atomic E-state index is 4.23. The maximum absolute atomic E-state index is 4.23. The zero-order valence-corrected chi connectivity index (χ0v) is 10.2. The van der Waals surface area contributed by atoms with Gasteiger partial charge in [-0.3, -0.25) is 0 Å². The first kappa shape index (κ1) is 9.33. The number of imidazole rings is 2. The van der Waals surface area contributed by atoms with Crippen LogP contribution >= 0.6 is 0 Å². The molecule has 0 aliphatic carbocycles. The molecule has 0 unspecified atom stereocenters. The summed E-state index contributed by atoms with van der Waals surface area (Å²) in [4.78, 5) is 4.23. The number of hydrogen-bond acceptors (Lipinski definition) is 1. The van der Waals surface area contributed by atoms with Crippen molar-refractivity contribution in [2.75, 3.05) is 0 Å². The quantitative estimate of drug-likeness (QED) is 0.384. The molecular weight excluding hydrogens is 236 g/mol. The lowest BCUT2D eigenvalue weighted by Crippen LogP contribution is -2.16. The van der Waals surface area contributed by atoms with Crippen LogP contribution in [-0.4, -0.2) is 14.0 Å². The fourth-order valence-electron chi connectivity index (χ4n) is 3.09. The molecule has 5 rings (SSSR count). The predicted molar refractivity (Wildman–Crippen MR) is 70.9 cm³/mol. The second-order valence-corrected chi connectivity index (χ2v) is 4.97. The SMILES string of the molecule is c1ccc2c(c1)Cn1c-2c[n+]2cc3ccncn3c12. The van der Waals surface area contributed by atoms with Crippen LogP contribution < -0.4 is 4.40 Å². The first-order valence-electron chi connectivity index (χ1n) is 6.36. The van der Waals surface area contributed by atoms with E-state index in [0.29, 0.717) is 0 Å². The molecule has 19 heavy (non-hydrogen) atoms. The van der Waals surface area contributed by atoms with Crippen molar-refractivity contribution in [1.82, 2.24) is 14.0 Å². The summed E-state index contributed by atoms with van der Waals surface area (Å²) >= 11 is 0. The Balaban J connectivity index is 1.94. The van der Waals surface area contributed by atoms with Crippen LogP contribution in [0.1, 0.15) is 5.56 Å². The zero-order valence-electron chi connectivity index (χ0n) is 10.2. The Morgan fingerprint density at radius 1 is 1.11 bits per heavy atom. The molecule has 1 aliphatic rings. The standard InChI is InChI=1S/C15H11N4/c1-2-4-13-11(3-1)7-18-14(13)9-17-8-12-5-6-16-10-19(12)15(17)18/h1-6,8-10H,7H2/q+1. The summed E-state index contributed by atoms with van der Waals surface area (Å²) in [7, 11) is 0. The van der Waals surface area contributed by atoms with Crippen molar-refractivity contribution in [2.45, 2.75) is 6.54 Å². The number of aromatic nitrogens is 4. The van der Waals surface area contributed by atoms with Gasteiger partial charge in [0.05, 0.1) is 6.54 Å². The predicted octanol–water partition coefficient (Wildman–Crippen LogP) is 1.90. The van der Waals surface area contributed by atoms with Gasteiger partial charge in [0, 0.05) is 11.8 Å². The fourth-order valence-corrected chi connectivity index (χ4v) is 3.09. The van der Waals surface area contributed by atoms with Crippen molar-refractivity contribution in [3.05, 3.63) is 60.8 Å². The van der Waals surface area contributed by atoms with Crippen LogP contribution in [0.25, 0.3) is 22.6 Å². The number of hydrogen-bond donors (Lipinski definition) is 0. The third-order valence-corrected chi connectivity index (χ3v) is 3.92. The second kappa shape index (κ2) is 3.03. The van der Waals surface area contributed by atoms with Gasteiger partial charge in [-0.15, -0.1) is 0 Å². The van der Waals surface area contributed by atoms with Gasteiger partial charge in [-0.1, -0.05) is 24.3 Å². The van der Waals surface area contributed by atoms with Gasteiger partial charge in [0.2, 0.25) is 0 Å². The van der Waals surface area contributed by atoms with Gasteiger partial charge in [-0.25, -0.2) is 14.0 Å². The summed E-state index contributed by atoms with van der Waals surface area (Å²) in [5.41, 5.74) is 5.17. The normalized spacial score (nSPS) is 13.1. The fraction of sp³-hybridized carbons (Fsp3) is 0.0667. The van der Waals surface area contributed by atoms with Gasteiger partial charge >= 0.3 is 5.78 Å². The van der Waals surface area contributed by atoms with Crippen LogP contribution in [0.4, 0.5) is 0 Å². The van der Waals surface area contributed by atoms with E-state index >= 15 is 0 Å². The van der Waals surface area contributed by atoms with E-state index in [1.54, 1.807) is 0 Å². The molecule has 4 heterocycles. The van der Waals surface area contributed by atoms with Crippen molar-refractivity contribution >= 4 is 11.3 Å². The molecule has 0 fully saturated rings. The van der Waals surface area contributed by atoms with Crippen molar-refractivity contribution in [2.24, 2.45) is 0 Å². The first-order chi connectivity index (χ1) is 9.42. The molecule has 1 aromatic carbocycles. The highest BCUT2D eigenvalue weighted by atomic mass is 15.2. The van der Waals surface area contributed by atoms with Crippen molar-refractivity contribution in [1.29, 1.82) is 0 Å². The van der Waals surface area contributed by atoms with Crippen LogP contribution in [-0.2, 0) is 6.54 Å². The zero-order chi connectivity index (χ0) is 12.4. The Morgan fingerprint density at radius 2 is 2.05 bits per heavy atom. The molecule has 4 heteroatoms. The van der Waals surface area contributed by atoms with Crippen LogP contribution in [0.15, 0.2) is 55.2 Å². The minimum atomic E-state index is 0.934. The lowest BCUT2D eigenvalue weighted by atomic mass is 10.1. The summed E-state index contributed by atoms with van der Waals surface area (Å²) in [6, 6.07) is 10.6. The molecule has 90 valence electrons. The van der Waals surface area contributed by atoms with Gasteiger partial charge in [-0.05, 0) is 11.6 Å².